The molecule has 0 heterocycles. The van der Waals surface area contributed by atoms with Gasteiger partial charge in [0.15, 0.2) is 0 Å². The second-order valence-corrected chi connectivity index (χ2v) is 4.23. The Kier molecular flexibility index (Phi) is 8.54. The molecule has 0 spiro atoms. The van der Waals surface area contributed by atoms with Gasteiger partial charge in [-0.25, -0.2) is 14.4 Å². The SMILES string of the molecule is CSCC[C@@H](NC(=O)NCCOC(N)=O)C(=O)O. The molecule has 0 aromatic heterocycles. The monoisotopic (exact) mass is 279 g/mol. The summed E-state index contributed by atoms with van der Waals surface area (Å²) in [4.78, 5) is 32.3. The van der Waals surface area contributed by atoms with Crippen LogP contribution in [0.2, 0.25) is 0 Å². The predicted octanol–water partition coefficient (Wildman–Crippen LogP) is -0.413. The number of aliphatic carboxylic acids is 1. The highest BCUT2D eigenvalue weighted by molar-refractivity contribution is 7.98. The van der Waals surface area contributed by atoms with Crippen molar-refractivity contribution >= 4 is 29.9 Å². The Bertz CT molecular complexity index is 300. The quantitative estimate of drug-likeness (QED) is 0.447. The summed E-state index contributed by atoms with van der Waals surface area (Å²) in [7, 11) is 0. The van der Waals surface area contributed by atoms with E-state index in [-0.39, 0.29) is 13.2 Å². The van der Waals surface area contributed by atoms with Crippen LogP contribution < -0.4 is 16.4 Å². The minimum atomic E-state index is -1.09. The van der Waals surface area contributed by atoms with Gasteiger partial charge in [0.2, 0.25) is 0 Å². The van der Waals surface area contributed by atoms with Gasteiger partial charge in [-0.2, -0.15) is 11.8 Å². The average molecular weight is 279 g/mol. The molecular formula is C9H17N3O5S. The molecule has 3 amide bonds. The summed E-state index contributed by atoms with van der Waals surface area (Å²) in [6.07, 6.45) is 1.25. The lowest BCUT2D eigenvalue weighted by Crippen LogP contribution is -2.47. The van der Waals surface area contributed by atoms with Crippen molar-refractivity contribution in [3.05, 3.63) is 0 Å². The van der Waals surface area contributed by atoms with Gasteiger partial charge >= 0.3 is 18.1 Å². The first-order chi connectivity index (χ1) is 8.47. The van der Waals surface area contributed by atoms with Crippen LogP contribution in [0.25, 0.3) is 0 Å². The molecule has 0 saturated heterocycles. The van der Waals surface area contributed by atoms with Gasteiger partial charge in [0.25, 0.3) is 0 Å². The molecule has 18 heavy (non-hydrogen) atoms. The van der Waals surface area contributed by atoms with E-state index in [1.165, 1.54) is 11.8 Å². The maximum Gasteiger partial charge on any atom is 0.404 e. The maximum atomic E-state index is 11.3. The van der Waals surface area contributed by atoms with Crippen molar-refractivity contribution in [1.29, 1.82) is 0 Å². The first-order valence-electron chi connectivity index (χ1n) is 5.15. The van der Waals surface area contributed by atoms with E-state index in [4.69, 9.17) is 10.8 Å². The zero-order valence-electron chi connectivity index (χ0n) is 9.97. The van der Waals surface area contributed by atoms with E-state index in [0.717, 1.165) is 0 Å². The molecule has 0 rings (SSSR count). The van der Waals surface area contributed by atoms with E-state index in [1.807, 2.05) is 6.26 Å². The number of nitrogens with one attached hydrogen (secondary N) is 2. The minimum absolute atomic E-state index is 0.0592. The summed E-state index contributed by atoms with van der Waals surface area (Å²) in [5.41, 5.74) is 4.72. The molecule has 0 aromatic rings. The summed E-state index contributed by atoms with van der Waals surface area (Å²) in [5.74, 6) is -0.463. The molecule has 5 N–H and O–H groups in total. The van der Waals surface area contributed by atoms with Gasteiger partial charge in [-0.05, 0) is 18.4 Å². The van der Waals surface area contributed by atoms with Crippen LogP contribution >= 0.6 is 11.8 Å². The highest BCUT2D eigenvalue weighted by Crippen LogP contribution is 2.00. The van der Waals surface area contributed by atoms with E-state index in [2.05, 4.69) is 15.4 Å². The Morgan fingerprint density at radius 1 is 1.44 bits per heavy atom. The summed E-state index contributed by atoms with van der Waals surface area (Å²) in [6, 6.07) is -1.56. The molecule has 1 atom stereocenters. The number of urea groups is 1. The average Bonchev–Trinajstić information content (AvgIpc) is 2.29. The highest BCUT2D eigenvalue weighted by Gasteiger charge is 2.18. The van der Waals surface area contributed by atoms with Gasteiger partial charge in [-0.15, -0.1) is 0 Å². The number of carboxylic acid groups (broad SMARTS) is 1. The summed E-state index contributed by atoms with van der Waals surface area (Å²) < 4.78 is 4.39. The Morgan fingerprint density at radius 2 is 2.11 bits per heavy atom. The fourth-order valence-corrected chi connectivity index (χ4v) is 1.49. The molecule has 8 nitrogen and oxygen atoms in total. The lowest BCUT2D eigenvalue weighted by atomic mass is 10.2. The number of primary amides is 1. The first kappa shape index (κ1) is 16.4. The van der Waals surface area contributed by atoms with Crippen molar-refractivity contribution in [2.45, 2.75) is 12.5 Å². The van der Waals surface area contributed by atoms with Crippen molar-refractivity contribution in [2.24, 2.45) is 5.73 Å². The number of carbonyl (C=O) groups is 3. The first-order valence-corrected chi connectivity index (χ1v) is 6.55. The van der Waals surface area contributed by atoms with E-state index >= 15 is 0 Å². The van der Waals surface area contributed by atoms with E-state index < -0.39 is 24.1 Å². The molecule has 0 radical (unpaired) electrons. The number of rotatable bonds is 8. The van der Waals surface area contributed by atoms with Crippen molar-refractivity contribution < 1.29 is 24.2 Å². The Morgan fingerprint density at radius 3 is 2.61 bits per heavy atom. The van der Waals surface area contributed by atoms with Gasteiger partial charge in [-0.1, -0.05) is 0 Å². The van der Waals surface area contributed by atoms with E-state index in [1.54, 1.807) is 0 Å². The molecule has 0 aliphatic heterocycles. The van der Waals surface area contributed by atoms with Crippen LogP contribution in [0.3, 0.4) is 0 Å². The van der Waals surface area contributed by atoms with Gasteiger partial charge in [-0.3, -0.25) is 0 Å². The lowest BCUT2D eigenvalue weighted by molar-refractivity contribution is -0.139. The van der Waals surface area contributed by atoms with Gasteiger partial charge in [0.1, 0.15) is 12.6 Å². The van der Waals surface area contributed by atoms with Gasteiger partial charge < -0.3 is 26.2 Å². The third kappa shape index (κ3) is 8.50. The molecule has 0 unspecified atom stereocenters. The number of hydrogen-bond acceptors (Lipinski definition) is 5. The zero-order chi connectivity index (χ0) is 14.0. The van der Waals surface area contributed by atoms with Crippen molar-refractivity contribution in [3.8, 4) is 0 Å². The van der Waals surface area contributed by atoms with E-state index in [9.17, 15) is 14.4 Å². The van der Waals surface area contributed by atoms with E-state index in [0.29, 0.717) is 12.2 Å². The second kappa shape index (κ2) is 9.40. The van der Waals surface area contributed by atoms with Crippen LogP contribution in [0, 0.1) is 0 Å². The van der Waals surface area contributed by atoms with Gasteiger partial charge in [0.05, 0.1) is 6.54 Å². The zero-order valence-corrected chi connectivity index (χ0v) is 10.8. The number of carbonyl (C=O) groups excluding carboxylic acids is 2. The third-order valence-electron chi connectivity index (χ3n) is 1.85. The van der Waals surface area contributed by atoms with Crippen LogP contribution in [0.1, 0.15) is 6.42 Å². The van der Waals surface area contributed by atoms with Crippen molar-refractivity contribution in [1.82, 2.24) is 10.6 Å². The van der Waals surface area contributed by atoms with Crippen LogP contribution in [0.4, 0.5) is 9.59 Å². The van der Waals surface area contributed by atoms with Crippen LogP contribution in [-0.4, -0.2) is 54.4 Å². The standard InChI is InChI=1S/C9H17N3O5S/c1-18-5-2-6(7(13)14)12-9(16)11-3-4-17-8(10)15/h6H,2-5H2,1H3,(H2,10,15)(H,13,14)(H2,11,12,16)/t6-/m1/s1. The number of nitrogens with two attached hydrogens (primary N) is 1. The molecule has 104 valence electrons. The molecule has 9 heteroatoms. The van der Waals surface area contributed by atoms with Gasteiger partial charge in [0, 0.05) is 0 Å². The normalized spacial score (nSPS) is 11.4. The number of carboxylic acids is 1. The number of thioether (sulfide) groups is 1. The Hall–Kier alpha value is -1.64. The topological polar surface area (TPSA) is 131 Å². The van der Waals surface area contributed by atoms with Crippen molar-refractivity contribution in [3.63, 3.8) is 0 Å². The largest absolute Gasteiger partial charge is 0.480 e. The number of amides is 3. The van der Waals surface area contributed by atoms with Crippen LogP contribution in [0.15, 0.2) is 0 Å². The molecule has 0 aliphatic rings. The van der Waals surface area contributed by atoms with Crippen LogP contribution in [0.5, 0.6) is 0 Å². The smallest absolute Gasteiger partial charge is 0.404 e. The Labute approximate surface area is 109 Å². The Balaban J connectivity index is 3.87. The summed E-state index contributed by atoms with van der Waals surface area (Å²) in [5, 5.41) is 13.5. The summed E-state index contributed by atoms with van der Waals surface area (Å²) >= 11 is 1.49. The molecule has 0 aliphatic carbocycles. The lowest BCUT2D eigenvalue weighted by Gasteiger charge is -2.14. The van der Waals surface area contributed by atoms with Crippen molar-refractivity contribution in [2.75, 3.05) is 25.2 Å². The fraction of sp³-hybridized carbons (Fsp3) is 0.667. The predicted molar refractivity (Wildman–Crippen MR) is 66.5 cm³/mol. The number of ether oxygens (including phenoxy) is 1. The molecule has 0 saturated carbocycles. The highest BCUT2D eigenvalue weighted by atomic mass is 32.2. The second-order valence-electron chi connectivity index (χ2n) is 3.24. The number of hydrogen-bond donors (Lipinski definition) is 4. The minimum Gasteiger partial charge on any atom is -0.480 e. The van der Waals surface area contributed by atoms with Crippen LogP contribution in [-0.2, 0) is 9.53 Å². The fourth-order valence-electron chi connectivity index (χ4n) is 1.02. The third-order valence-corrected chi connectivity index (χ3v) is 2.49. The summed E-state index contributed by atoms with van der Waals surface area (Å²) in [6.45, 7) is -0.00502. The molecule has 0 fully saturated rings. The molecular weight excluding hydrogens is 262 g/mol. The maximum absolute atomic E-state index is 11.3. The molecule has 0 aromatic carbocycles. The molecule has 0 bridgehead atoms.